The van der Waals surface area contributed by atoms with E-state index in [0.717, 1.165) is 21.0 Å². The summed E-state index contributed by atoms with van der Waals surface area (Å²) in [5.41, 5.74) is 1.14. The van der Waals surface area contributed by atoms with Crippen LogP contribution < -0.4 is 5.43 Å². The molecule has 2 aromatic rings. The number of pyridine rings is 1. The second-order valence-electron chi connectivity index (χ2n) is 3.11. The third kappa shape index (κ3) is 1.45. The molecule has 2 rings (SSSR count). The molecule has 1 heterocycles. The average Bonchev–Trinajstić information content (AvgIpc) is 2.23. The molecule has 0 fully saturated rings. The SMILES string of the molecule is CCn1cc(I)c(=O)c2ccccc21. The first-order chi connectivity index (χ1) is 6.74. The van der Waals surface area contributed by atoms with Gasteiger partial charge in [0, 0.05) is 18.1 Å². The number of benzene rings is 1. The summed E-state index contributed by atoms with van der Waals surface area (Å²) in [5, 5.41) is 0.807. The summed E-state index contributed by atoms with van der Waals surface area (Å²) < 4.78 is 2.88. The Labute approximate surface area is 95.7 Å². The van der Waals surface area contributed by atoms with Crippen molar-refractivity contribution in [2.24, 2.45) is 0 Å². The molecule has 14 heavy (non-hydrogen) atoms. The van der Waals surface area contributed by atoms with Crippen molar-refractivity contribution in [1.29, 1.82) is 0 Å². The molecule has 0 aliphatic carbocycles. The van der Waals surface area contributed by atoms with Crippen molar-refractivity contribution < 1.29 is 0 Å². The molecule has 0 bridgehead atoms. The van der Waals surface area contributed by atoms with E-state index < -0.39 is 0 Å². The smallest absolute Gasteiger partial charge is 0.202 e. The van der Waals surface area contributed by atoms with Gasteiger partial charge in [-0.05, 0) is 41.6 Å². The molecule has 0 saturated heterocycles. The topological polar surface area (TPSA) is 22.0 Å². The summed E-state index contributed by atoms with van der Waals surface area (Å²) in [6, 6.07) is 7.73. The maximum atomic E-state index is 11.8. The fraction of sp³-hybridized carbons (Fsp3) is 0.182. The number of fused-ring (bicyclic) bond motifs is 1. The number of para-hydroxylation sites is 1. The predicted octanol–water partition coefficient (Wildman–Crippen LogP) is 2.63. The molecule has 0 unspecified atom stereocenters. The summed E-state index contributed by atoms with van der Waals surface area (Å²) in [4.78, 5) is 11.8. The van der Waals surface area contributed by atoms with Gasteiger partial charge in [0.15, 0.2) is 0 Å². The standard InChI is InChI=1S/C11H10INO/c1-2-13-7-9(12)11(14)8-5-3-4-6-10(8)13/h3-7H,2H2,1H3. The Morgan fingerprint density at radius 2 is 2.07 bits per heavy atom. The second-order valence-corrected chi connectivity index (χ2v) is 4.27. The maximum absolute atomic E-state index is 11.8. The molecule has 0 atom stereocenters. The Morgan fingerprint density at radius 3 is 2.79 bits per heavy atom. The highest BCUT2D eigenvalue weighted by atomic mass is 127. The van der Waals surface area contributed by atoms with Crippen LogP contribution in [0.5, 0.6) is 0 Å². The van der Waals surface area contributed by atoms with Crippen LogP contribution in [0.2, 0.25) is 0 Å². The minimum absolute atomic E-state index is 0.130. The molecule has 0 aliphatic rings. The highest BCUT2D eigenvalue weighted by Gasteiger charge is 2.04. The summed E-state index contributed by atoms with van der Waals surface area (Å²) >= 11 is 2.09. The lowest BCUT2D eigenvalue weighted by atomic mass is 10.2. The zero-order chi connectivity index (χ0) is 10.1. The predicted molar refractivity (Wildman–Crippen MR) is 66.6 cm³/mol. The van der Waals surface area contributed by atoms with E-state index >= 15 is 0 Å². The van der Waals surface area contributed by atoms with Crippen LogP contribution in [0, 0.1) is 3.57 Å². The number of nitrogens with zero attached hydrogens (tertiary/aromatic N) is 1. The van der Waals surface area contributed by atoms with Crippen LogP contribution in [0.4, 0.5) is 0 Å². The molecular weight excluding hydrogens is 289 g/mol. The first-order valence-corrected chi connectivity index (χ1v) is 5.59. The summed E-state index contributed by atoms with van der Waals surface area (Å²) in [7, 11) is 0. The Bertz CT molecular complexity index is 530. The number of halogens is 1. The van der Waals surface area contributed by atoms with Crippen molar-refractivity contribution in [2.75, 3.05) is 0 Å². The molecule has 0 N–H and O–H groups in total. The van der Waals surface area contributed by atoms with E-state index in [4.69, 9.17) is 0 Å². The van der Waals surface area contributed by atoms with E-state index in [9.17, 15) is 4.79 Å². The van der Waals surface area contributed by atoms with Gasteiger partial charge in [-0.1, -0.05) is 12.1 Å². The lowest BCUT2D eigenvalue weighted by molar-refractivity contribution is 0.784. The van der Waals surface area contributed by atoms with Crippen molar-refractivity contribution in [3.63, 3.8) is 0 Å². The highest BCUT2D eigenvalue weighted by Crippen LogP contribution is 2.12. The van der Waals surface area contributed by atoms with E-state index in [2.05, 4.69) is 34.1 Å². The lowest BCUT2D eigenvalue weighted by Gasteiger charge is -2.08. The molecule has 0 aliphatic heterocycles. The minimum atomic E-state index is 0.130. The van der Waals surface area contributed by atoms with Crippen LogP contribution >= 0.6 is 22.6 Å². The normalized spacial score (nSPS) is 10.7. The number of aromatic nitrogens is 1. The van der Waals surface area contributed by atoms with Crippen molar-refractivity contribution >= 4 is 33.5 Å². The highest BCUT2D eigenvalue weighted by molar-refractivity contribution is 14.1. The van der Waals surface area contributed by atoms with Gasteiger partial charge < -0.3 is 4.57 Å². The van der Waals surface area contributed by atoms with Gasteiger partial charge >= 0.3 is 0 Å². The molecule has 0 saturated carbocycles. The van der Waals surface area contributed by atoms with Gasteiger partial charge in [-0.15, -0.1) is 0 Å². The minimum Gasteiger partial charge on any atom is -0.346 e. The largest absolute Gasteiger partial charge is 0.346 e. The average molecular weight is 299 g/mol. The summed E-state index contributed by atoms with van der Waals surface area (Å²) in [6.45, 7) is 2.96. The van der Waals surface area contributed by atoms with Crippen LogP contribution in [0.15, 0.2) is 35.3 Å². The fourth-order valence-electron chi connectivity index (χ4n) is 1.57. The van der Waals surface area contributed by atoms with Gasteiger partial charge in [0.1, 0.15) is 0 Å². The zero-order valence-corrected chi connectivity index (χ0v) is 9.98. The number of hydrogen-bond donors (Lipinski definition) is 0. The number of aryl methyl sites for hydroxylation is 1. The van der Waals surface area contributed by atoms with Gasteiger partial charge in [0.25, 0.3) is 0 Å². The third-order valence-corrected chi connectivity index (χ3v) is 3.05. The van der Waals surface area contributed by atoms with Crippen molar-refractivity contribution in [3.05, 3.63) is 44.3 Å². The van der Waals surface area contributed by atoms with Crippen LogP contribution in [-0.2, 0) is 6.54 Å². The van der Waals surface area contributed by atoms with Crippen molar-refractivity contribution in [1.82, 2.24) is 4.57 Å². The van der Waals surface area contributed by atoms with Crippen LogP contribution in [-0.4, -0.2) is 4.57 Å². The van der Waals surface area contributed by atoms with Gasteiger partial charge in [-0.3, -0.25) is 4.79 Å². The molecule has 72 valence electrons. The fourth-order valence-corrected chi connectivity index (χ4v) is 2.20. The molecule has 1 aromatic heterocycles. The van der Waals surface area contributed by atoms with Crippen LogP contribution in [0.3, 0.4) is 0 Å². The Balaban J connectivity index is 2.97. The maximum Gasteiger partial charge on any atom is 0.202 e. The number of rotatable bonds is 1. The third-order valence-electron chi connectivity index (χ3n) is 2.28. The van der Waals surface area contributed by atoms with Gasteiger partial charge in [-0.2, -0.15) is 0 Å². The number of hydrogen-bond acceptors (Lipinski definition) is 1. The summed E-state index contributed by atoms with van der Waals surface area (Å²) in [6.07, 6.45) is 1.91. The first kappa shape index (κ1) is 9.71. The van der Waals surface area contributed by atoms with Gasteiger partial charge in [0.2, 0.25) is 5.43 Å². The Hall–Kier alpha value is -0.840. The molecule has 2 nitrogen and oxygen atoms in total. The lowest BCUT2D eigenvalue weighted by Crippen LogP contribution is -2.11. The van der Waals surface area contributed by atoms with E-state index in [-0.39, 0.29) is 5.43 Å². The van der Waals surface area contributed by atoms with E-state index in [1.54, 1.807) is 0 Å². The van der Waals surface area contributed by atoms with Gasteiger partial charge in [-0.25, -0.2) is 0 Å². The summed E-state index contributed by atoms with van der Waals surface area (Å²) in [5.74, 6) is 0. The van der Waals surface area contributed by atoms with E-state index in [1.165, 1.54) is 0 Å². The quantitative estimate of drug-likeness (QED) is 0.742. The zero-order valence-electron chi connectivity index (χ0n) is 7.83. The molecule has 0 radical (unpaired) electrons. The van der Waals surface area contributed by atoms with E-state index in [0.29, 0.717) is 0 Å². The van der Waals surface area contributed by atoms with Gasteiger partial charge in [0.05, 0.1) is 9.09 Å². The van der Waals surface area contributed by atoms with Crippen LogP contribution in [0.1, 0.15) is 6.92 Å². The molecular formula is C11H10INO. The first-order valence-electron chi connectivity index (χ1n) is 4.51. The molecule has 1 aromatic carbocycles. The Morgan fingerprint density at radius 1 is 1.36 bits per heavy atom. The van der Waals surface area contributed by atoms with Crippen LogP contribution in [0.25, 0.3) is 10.9 Å². The molecule has 0 amide bonds. The van der Waals surface area contributed by atoms with Crippen molar-refractivity contribution in [2.45, 2.75) is 13.5 Å². The molecule has 0 spiro atoms. The molecule has 3 heteroatoms. The second kappa shape index (κ2) is 3.73. The van der Waals surface area contributed by atoms with E-state index in [1.807, 2.05) is 30.5 Å². The monoisotopic (exact) mass is 299 g/mol. The Kier molecular flexibility index (Phi) is 2.58. The van der Waals surface area contributed by atoms with Crippen molar-refractivity contribution in [3.8, 4) is 0 Å².